The number of amides is 3. The lowest BCUT2D eigenvalue weighted by Crippen LogP contribution is -2.56. The van der Waals surface area contributed by atoms with Crippen molar-refractivity contribution in [2.75, 3.05) is 12.0 Å². The first-order valence-electron chi connectivity index (χ1n) is 10.3. The van der Waals surface area contributed by atoms with Crippen LogP contribution in [-0.4, -0.2) is 35.8 Å². The molecule has 2 aliphatic heterocycles. The van der Waals surface area contributed by atoms with Gasteiger partial charge < -0.3 is 4.74 Å². The highest BCUT2D eigenvalue weighted by Gasteiger charge is 2.48. The molecule has 0 fully saturated rings. The van der Waals surface area contributed by atoms with E-state index in [0.29, 0.717) is 22.6 Å². The summed E-state index contributed by atoms with van der Waals surface area (Å²) in [6.07, 6.45) is 0. The Morgan fingerprint density at radius 1 is 1.03 bits per heavy atom. The fraction of sp³-hybridized carbons (Fsp3) is 0.250. The maximum absolute atomic E-state index is 14.0. The van der Waals surface area contributed by atoms with Crippen molar-refractivity contribution in [2.45, 2.75) is 32.4 Å². The van der Waals surface area contributed by atoms with E-state index in [1.807, 2.05) is 26.0 Å². The van der Waals surface area contributed by atoms with E-state index in [9.17, 15) is 14.4 Å². The second-order valence-corrected chi connectivity index (χ2v) is 11.3. The van der Waals surface area contributed by atoms with Gasteiger partial charge in [0.25, 0.3) is 17.7 Å². The summed E-state index contributed by atoms with van der Waals surface area (Å²) in [6, 6.07) is 11.2. The fourth-order valence-electron chi connectivity index (χ4n) is 4.59. The summed E-state index contributed by atoms with van der Waals surface area (Å²) >= 11 is 5.63. The molecular weight excluding hydrogens is 476 g/mol. The van der Waals surface area contributed by atoms with Crippen molar-refractivity contribution in [1.82, 2.24) is 4.90 Å². The molecule has 3 aromatic rings. The zero-order valence-corrected chi connectivity index (χ0v) is 20.8. The topological polar surface area (TPSA) is 66.9 Å². The number of hydrogen-bond acceptors (Lipinski definition) is 7. The third-order valence-corrected chi connectivity index (χ3v) is 9.58. The molecule has 9 heteroatoms. The van der Waals surface area contributed by atoms with Gasteiger partial charge in [0.1, 0.15) is 15.6 Å². The maximum Gasteiger partial charge on any atom is 0.262 e. The lowest BCUT2D eigenvalue weighted by atomic mass is 9.86. The summed E-state index contributed by atoms with van der Waals surface area (Å²) in [7, 11) is 4.64. The second-order valence-electron chi connectivity index (χ2n) is 8.48. The average molecular weight is 497 g/mol. The van der Waals surface area contributed by atoms with E-state index in [-0.39, 0.29) is 5.91 Å². The van der Waals surface area contributed by atoms with Crippen LogP contribution in [0.2, 0.25) is 0 Å². The van der Waals surface area contributed by atoms with Crippen LogP contribution in [-0.2, 0) is 10.3 Å². The number of fused-ring (bicyclic) bond motifs is 4. The number of anilines is 1. The first-order chi connectivity index (χ1) is 15.7. The van der Waals surface area contributed by atoms with E-state index < -0.39 is 23.4 Å². The van der Waals surface area contributed by atoms with E-state index in [0.717, 1.165) is 24.7 Å². The molecule has 0 saturated carbocycles. The molecule has 1 atom stereocenters. The third kappa shape index (κ3) is 3.03. The zero-order valence-electron chi connectivity index (χ0n) is 18.4. The molecule has 3 heterocycles. The molecule has 168 valence electrons. The molecular formula is C24H20N2O4S3. The molecule has 0 bridgehead atoms. The van der Waals surface area contributed by atoms with Gasteiger partial charge in [0.05, 0.1) is 34.3 Å². The summed E-state index contributed by atoms with van der Waals surface area (Å²) in [5, 5.41) is 0. The van der Waals surface area contributed by atoms with Crippen LogP contribution in [0.25, 0.3) is 11.1 Å². The minimum atomic E-state index is -0.986. The quantitative estimate of drug-likeness (QED) is 0.273. The molecule has 1 aromatic heterocycles. The highest BCUT2D eigenvalue weighted by molar-refractivity contribution is 7.80. The molecule has 0 aliphatic carbocycles. The fourth-order valence-corrected chi connectivity index (χ4v) is 7.87. The lowest BCUT2D eigenvalue weighted by Gasteiger charge is -2.44. The molecule has 6 nitrogen and oxygen atoms in total. The number of methoxy groups -OCH3 is 1. The first-order valence-corrected chi connectivity index (χ1v) is 12.9. The number of carbonyl (C=O) groups is 3. The average Bonchev–Trinajstić information content (AvgIpc) is 3.31. The highest BCUT2D eigenvalue weighted by Crippen LogP contribution is 2.53. The van der Waals surface area contributed by atoms with Crippen LogP contribution in [0.1, 0.15) is 46.4 Å². The third-order valence-electron chi connectivity index (χ3n) is 6.25. The molecule has 0 N–H and O–H groups in total. The van der Waals surface area contributed by atoms with Crippen molar-refractivity contribution in [1.29, 1.82) is 0 Å². The maximum atomic E-state index is 14.0. The number of carbonyl (C=O) groups excluding carboxylic acids is 3. The number of hydrogen-bond donors (Lipinski definition) is 0. The molecule has 5 rings (SSSR count). The van der Waals surface area contributed by atoms with Crippen LogP contribution in [0, 0.1) is 3.82 Å². The summed E-state index contributed by atoms with van der Waals surface area (Å²) in [5.74, 6) is -0.581. The Morgan fingerprint density at radius 2 is 1.67 bits per heavy atom. The minimum Gasteiger partial charge on any atom is -0.497 e. The van der Waals surface area contributed by atoms with Crippen LogP contribution in [0.3, 0.4) is 0 Å². The van der Waals surface area contributed by atoms with Crippen molar-refractivity contribution in [3.8, 4) is 16.9 Å². The van der Waals surface area contributed by atoms with Gasteiger partial charge in [0, 0.05) is 11.1 Å². The van der Waals surface area contributed by atoms with E-state index in [1.165, 1.54) is 10.3 Å². The molecule has 0 saturated heterocycles. The van der Waals surface area contributed by atoms with Crippen LogP contribution in [0.5, 0.6) is 5.75 Å². The predicted octanol–water partition coefficient (Wildman–Crippen LogP) is 5.48. The summed E-state index contributed by atoms with van der Waals surface area (Å²) in [4.78, 5) is 43.8. The Hall–Kier alpha value is -2.88. The summed E-state index contributed by atoms with van der Waals surface area (Å²) < 4.78 is 6.19. The van der Waals surface area contributed by atoms with Gasteiger partial charge in [-0.2, -0.15) is 0 Å². The van der Waals surface area contributed by atoms with Gasteiger partial charge in [0.2, 0.25) is 0 Å². The Morgan fingerprint density at radius 3 is 2.27 bits per heavy atom. The van der Waals surface area contributed by atoms with Gasteiger partial charge in [0.15, 0.2) is 0 Å². The van der Waals surface area contributed by atoms with Crippen LogP contribution in [0.15, 0.2) is 42.5 Å². The number of benzene rings is 2. The van der Waals surface area contributed by atoms with Gasteiger partial charge >= 0.3 is 0 Å². The van der Waals surface area contributed by atoms with Crippen molar-refractivity contribution < 1.29 is 19.1 Å². The lowest BCUT2D eigenvalue weighted by molar-refractivity contribution is -0.123. The van der Waals surface area contributed by atoms with Crippen LogP contribution >= 0.6 is 32.9 Å². The molecule has 0 spiro atoms. The van der Waals surface area contributed by atoms with Gasteiger partial charge in [-0.15, -0.1) is 0 Å². The predicted molar refractivity (Wildman–Crippen MR) is 132 cm³/mol. The summed E-state index contributed by atoms with van der Waals surface area (Å²) in [5.41, 5.74) is 2.36. The highest BCUT2D eigenvalue weighted by atomic mass is 32.9. The minimum absolute atomic E-state index is 0.322. The Balaban J connectivity index is 1.62. The van der Waals surface area contributed by atoms with Crippen molar-refractivity contribution in [3.63, 3.8) is 0 Å². The zero-order chi connectivity index (χ0) is 23.7. The van der Waals surface area contributed by atoms with Crippen LogP contribution < -0.4 is 9.64 Å². The smallest absolute Gasteiger partial charge is 0.262 e. The number of nitrogens with zero attached hydrogens (tertiary/aromatic N) is 2. The Labute approximate surface area is 203 Å². The van der Waals surface area contributed by atoms with Gasteiger partial charge in [-0.3, -0.25) is 24.2 Å². The van der Waals surface area contributed by atoms with Crippen molar-refractivity contribution >= 4 is 56.3 Å². The second kappa shape index (κ2) is 7.58. The molecule has 2 aromatic carbocycles. The largest absolute Gasteiger partial charge is 0.497 e. The number of imide groups is 1. The SMILES string of the molecule is COc1ccc2c(c1)-c1c(ssc1=S)C(C)(C)N2C(=O)[C@@H](C)N1C(=O)c2ccccc2C1=O. The Bertz CT molecular complexity index is 1370. The van der Waals surface area contributed by atoms with Crippen molar-refractivity contribution in [3.05, 3.63) is 62.3 Å². The van der Waals surface area contributed by atoms with E-state index in [4.69, 9.17) is 17.0 Å². The molecule has 0 radical (unpaired) electrons. The standard InChI is InChI=1S/C24H20N2O4S3/c1-12(25-21(28)14-7-5-6-8-15(14)22(25)29)20(27)26-17-10-9-13(30-4)11-16(17)18-19(24(26,2)3)32-33-23(18)31/h5-12H,1-4H3/t12-/m1/s1. The Kier molecular flexibility index (Phi) is 5.04. The summed E-state index contributed by atoms with van der Waals surface area (Å²) in [6.45, 7) is 5.53. The normalized spacial score (nSPS) is 16.8. The first kappa shape index (κ1) is 21.9. The van der Waals surface area contributed by atoms with Crippen LogP contribution in [0.4, 0.5) is 5.69 Å². The molecule has 3 amide bonds. The van der Waals surface area contributed by atoms with Gasteiger partial charge in [-0.25, -0.2) is 0 Å². The van der Waals surface area contributed by atoms with E-state index in [2.05, 4.69) is 0 Å². The molecule has 33 heavy (non-hydrogen) atoms. The van der Waals surface area contributed by atoms with Gasteiger partial charge in [-0.1, -0.05) is 45.0 Å². The van der Waals surface area contributed by atoms with E-state index >= 15 is 0 Å². The van der Waals surface area contributed by atoms with E-state index in [1.54, 1.807) is 59.6 Å². The number of rotatable bonds is 3. The molecule has 2 aliphatic rings. The number of ether oxygens (including phenoxy) is 1. The van der Waals surface area contributed by atoms with Gasteiger partial charge in [-0.05, 0) is 51.1 Å². The monoisotopic (exact) mass is 496 g/mol. The van der Waals surface area contributed by atoms with Crippen molar-refractivity contribution in [2.24, 2.45) is 0 Å². The molecule has 0 unspecified atom stereocenters.